The second kappa shape index (κ2) is 3.44. The Kier molecular flexibility index (Phi) is 1.94. The van der Waals surface area contributed by atoms with Crippen LogP contribution in [0.25, 0.3) is 16.9 Å². The average molecular weight is 227 g/mol. The van der Waals surface area contributed by atoms with Gasteiger partial charge in [0.05, 0.1) is 10.9 Å². The number of aromatic nitrogens is 4. The number of hydrogen-bond acceptors (Lipinski definition) is 4. The van der Waals surface area contributed by atoms with E-state index in [-0.39, 0.29) is 5.56 Å². The predicted octanol–water partition coefficient (Wildman–Crippen LogP) is 0.691. The number of benzene rings is 1. The van der Waals surface area contributed by atoms with E-state index in [0.29, 0.717) is 22.5 Å². The predicted molar refractivity (Wildman–Crippen MR) is 63.9 cm³/mol. The quantitative estimate of drug-likeness (QED) is 0.598. The Bertz CT molecular complexity index is 729. The van der Waals surface area contributed by atoms with Crippen molar-refractivity contribution in [2.24, 2.45) is 0 Å². The fraction of sp³-hybridized carbons (Fsp3) is 0. The Balaban J connectivity index is 2.32. The minimum atomic E-state index is -0.217. The third kappa shape index (κ3) is 1.55. The molecule has 2 heterocycles. The van der Waals surface area contributed by atoms with E-state index < -0.39 is 0 Å². The van der Waals surface area contributed by atoms with E-state index in [1.54, 1.807) is 41.5 Å². The Morgan fingerprint density at radius 3 is 3.00 bits per heavy atom. The standard InChI is InChI=1S/C11H9N5O/c12-7-1-2-9-8(5-7)10(17)15-11(14-9)16-4-3-13-6-16/h1-6H,12H2,(H,14,15,17). The Morgan fingerprint density at radius 1 is 1.35 bits per heavy atom. The van der Waals surface area contributed by atoms with Gasteiger partial charge in [0.25, 0.3) is 5.56 Å². The first-order valence-electron chi connectivity index (χ1n) is 5.02. The molecule has 0 aliphatic carbocycles. The van der Waals surface area contributed by atoms with Gasteiger partial charge in [-0.25, -0.2) is 9.97 Å². The van der Waals surface area contributed by atoms with Gasteiger partial charge in [0.1, 0.15) is 6.33 Å². The average Bonchev–Trinajstić information content (AvgIpc) is 2.83. The van der Waals surface area contributed by atoms with Crippen LogP contribution in [0.15, 0.2) is 41.7 Å². The molecule has 3 rings (SSSR count). The van der Waals surface area contributed by atoms with Crippen LogP contribution in [-0.2, 0) is 0 Å². The van der Waals surface area contributed by atoms with Crippen molar-refractivity contribution < 1.29 is 0 Å². The number of nitrogens with zero attached hydrogens (tertiary/aromatic N) is 3. The highest BCUT2D eigenvalue weighted by atomic mass is 16.1. The van der Waals surface area contributed by atoms with E-state index in [2.05, 4.69) is 15.0 Å². The SMILES string of the molecule is Nc1ccc2nc(-n3ccnc3)[nH]c(=O)c2c1. The van der Waals surface area contributed by atoms with Gasteiger partial charge in [0, 0.05) is 18.1 Å². The van der Waals surface area contributed by atoms with Crippen molar-refractivity contribution >= 4 is 16.6 Å². The van der Waals surface area contributed by atoms with Crippen LogP contribution in [0.2, 0.25) is 0 Å². The van der Waals surface area contributed by atoms with E-state index >= 15 is 0 Å². The van der Waals surface area contributed by atoms with E-state index in [4.69, 9.17) is 5.73 Å². The lowest BCUT2D eigenvalue weighted by Gasteiger charge is -2.03. The fourth-order valence-electron chi connectivity index (χ4n) is 1.65. The molecule has 0 spiro atoms. The van der Waals surface area contributed by atoms with Gasteiger partial charge in [-0.1, -0.05) is 0 Å². The van der Waals surface area contributed by atoms with Crippen LogP contribution in [0.1, 0.15) is 0 Å². The van der Waals surface area contributed by atoms with Crippen LogP contribution in [0, 0.1) is 0 Å². The van der Waals surface area contributed by atoms with Crippen molar-refractivity contribution in [2.45, 2.75) is 0 Å². The van der Waals surface area contributed by atoms with Crippen LogP contribution in [-0.4, -0.2) is 19.5 Å². The Morgan fingerprint density at radius 2 is 2.24 bits per heavy atom. The van der Waals surface area contributed by atoms with Crippen molar-refractivity contribution in [3.05, 3.63) is 47.3 Å². The van der Waals surface area contributed by atoms with Crippen molar-refractivity contribution in [1.82, 2.24) is 19.5 Å². The number of imidazole rings is 1. The van der Waals surface area contributed by atoms with Crippen LogP contribution >= 0.6 is 0 Å². The normalized spacial score (nSPS) is 10.8. The van der Waals surface area contributed by atoms with Crippen LogP contribution in [0.4, 0.5) is 5.69 Å². The zero-order chi connectivity index (χ0) is 11.8. The molecule has 0 radical (unpaired) electrons. The van der Waals surface area contributed by atoms with Gasteiger partial charge in [-0.3, -0.25) is 14.3 Å². The number of H-pyrrole nitrogens is 1. The molecule has 6 nitrogen and oxygen atoms in total. The highest BCUT2D eigenvalue weighted by Gasteiger charge is 2.05. The summed E-state index contributed by atoms with van der Waals surface area (Å²) in [6.45, 7) is 0. The van der Waals surface area contributed by atoms with Gasteiger partial charge in [-0.2, -0.15) is 0 Å². The smallest absolute Gasteiger partial charge is 0.260 e. The molecule has 0 aliphatic rings. The summed E-state index contributed by atoms with van der Waals surface area (Å²) in [5.74, 6) is 0.435. The summed E-state index contributed by atoms with van der Waals surface area (Å²) >= 11 is 0. The summed E-state index contributed by atoms with van der Waals surface area (Å²) < 4.78 is 1.64. The molecule has 3 aromatic rings. The fourth-order valence-corrected chi connectivity index (χ4v) is 1.65. The monoisotopic (exact) mass is 227 g/mol. The third-order valence-electron chi connectivity index (χ3n) is 2.47. The van der Waals surface area contributed by atoms with E-state index in [9.17, 15) is 4.79 Å². The maximum absolute atomic E-state index is 11.9. The van der Waals surface area contributed by atoms with Crippen molar-refractivity contribution in [3.63, 3.8) is 0 Å². The second-order valence-electron chi connectivity index (χ2n) is 3.64. The first-order chi connectivity index (χ1) is 8.24. The lowest BCUT2D eigenvalue weighted by molar-refractivity contribution is 0.929. The van der Waals surface area contributed by atoms with Gasteiger partial charge in [-0.15, -0.1) is 0 Å². The first-order valence-corrected chi connectivity index (χ1v) is 5.02. The van der Waals surface area contributed by atoms with Gasteiger partial charge < -0.3 is 5.73 Å². The zero-order valence-electron chi connectivity index (χ0n) is 8.79. The lowest BCUT2D eigenvalue weighted by atomic mass is 10.2. The number of fused-ring (bicyclic) bond motifs is 1. The van der Waals surface area contributed by atoms with Crippen molar-refractivity contribution in [1.29, 1.82) is 0 Å². The molecule has 0 aliphatic heterocycles. The third-order valence-corrected chi connectivity index (χ3v) is 2.47. The maximum Gasteiger partial charge on any atom is 0.260 e. The van der Waals surface area contributed by atoms with Crippen LogP contribution in [0.5, 0.6) is 0 Å². The van der Waals surface area contributed by atoms with Crippen molar-refractivity contribution in [3.8, 4) is 5.95 Å². The van der Waals surface area contributed by atoms with Crippen LogP contribution < -0.4 is 11.3 Å². The molecular weight excluding hydrogens is 218 g/mol. The molecule has 3 N–H and O–H groups in total. The molecule has 1 aromatic carbocycles. The summed E-state index contributed by atoms with van der Waals surface area (Å²) in [6, 6.07) is 5.05. The highest BCUT2D eigenvalue weighted by Crippen LogP contribution is 2.12. The van der Waals surface area contributed by atoms with Gasteiger partial charge in [-0.05, 0) is 18.2 Å². The summed E-state index contributed by atoms with van der Waals surface area (Å²) in [5, 5.41) is 0.480. The Hall–Kier alpha value is -2.63. The highest BCUT2D eigenvalue weighted by molar-refractivity contribution is 5.81. The summed E-state index contributed by atoms with van der Waals surface area (Å²) in [5.41, 5.74) is 6.56. The minimum Gasteiger partial charge on any atom is -0.399 e. The summed E-state index contributed by atoms with van der Waals surface area (Å²) in [6.07, 6.45) is 4.90. The molecule has 0 saturated heterocycles. The molecular formula is C11H9N5O. The molecule has 0 amide bonds. The Labute approximate surface area is 95.7 Å². The van der Waals surface area contributed by atoms with Crippen molar-refractivity contribution in [2.75, 3.05) is 5.73 Å². The number of rotatable bonds is 1. The van der Waals surface area contributed by atoms with Crippen LogP contribution in [0.3, 0.4) is 0 Å². The van der Waals surface area contributed by atoms with Gasteiger partial charge >= 0.3 is 0 Å². The molecule has 17 heavy (non-hydrogen) atoms. The second-order valence-corrected chi connectivity index (χ2v) is 3.64. The topological polar surface area (TPSA) is 89.6 Å². The molecule has 6 heteroatoms. The number of nitrogen functional groups attached to an aromatic ring is 1. The largest absolute Gasteiger partial charge is 0.399 e. The van der Waals surface area contributed by atoms with Gasteiger partial charge in [0.2, 0.25) is 5.95 Å². The zero-order valence-corrected chi connectivity index (χ0v) is 8.79. The number of nitrogens with two attached hydrogens (primary N) is 1. The maximum atomic E-state index is 11.9. The van der Waals surface area contributed by atoms with E-state index in [1.165, 1.54) is 0 Å². The first kappa shape index (κ1) is 9.59. The molecule has 0 bridgehead atoms. The van der Waals surface area contributed by atoms with Gasteiger partial charge in [0.15, 0.2) is 0 Å². The summed E-state index contributed by atoms with van der Waals surface area (Å²) in [4.78, 5) is 22.8. The molecule has 0 fully saturated rings. The number of aromatic amines is 1. The summed E-state index contributed by atoms with van der Waals surface area (Å²) in [7, 11) is 0. The molecule has 0 atom stereocenters. The molecule has 2 aromatic heterocycles. The number of hydrogen-bond donors (Lipinski definition) is 2. The molecule has 0 unspecified atom stereocenters. The number of anilines is 1. The minimum absolute atomic E-state index is 0.217. The molecule has 84 valence electrons. The number of nitrogens with one attached hydrogen (secondary N) is 1. The molecule has 0 saturated carbocycles. The lowest BCUT2D eigenvalue weighted by Crippen LogP contribution is -2.13. The van der Waals surface area contributed by atoms with E-state index in [0.717, 1.165) is 0 Å². The van der Waals surface area contributed by atoms with E-state index in [1.807, 2.05) is 0 Å².